The number of hydrogen-bond donors (Lipinski definition) is 0. The Bertz CT molecular complexity index is 1330. The molecule has 4 nitrogen and oxygen atoms in total. The van der Waals surface area contributed by atoms with E-state index in [-0.39, 0.29) is 11.8 Å². The standard InChI is InChI=1S/C25H16N2O2/c28-24-20-10-4-3-9-19(20)23-26(18-14-13-16-7-1-2-8-17(16)15-18)25(29)21-11-5-6-12-22(21)27(23)24/h1-15,23H. The third-order valence-electron chi connectivity index (χ3n) is 5.80. The van der Waals surface area contributed by atoms with Crippen LogP contribution in [0.3, 0.4) is 0 Å². The minimum Gasteiger partial charge on any atom is -0.282 e. The lowest BCUT2D eigenvalue weighted by atomic mass is 10.0. The second-order valence-corrected chi connectivity index (χ2v) is 7.36. The van der Waals surface area contributed by atoms with Gasteiger partial charge in [-0.15, -0.1) is 0 Å². The van der Waals surface area contributed by atoms with Crippen LogP contribution in [0.2, 0.25) is 0 Å². The minimum absolute atomic E-state index is 0.0728. The first kappa shape index (κ1) is 16.1. The van der Waals surface area contributed by atoms with Crippen LogP contribution in [0, 0.1) is 0 Å². The highest BCUT2D eigenvalue weighted by atomic mass is 16.2. The number of hydrogen-bond acceptors (Lipinski definition) is 2. The van der Waals surface area contributed by atoms with Gasteiger partial charge in [-0.1, -0.05) is 60.7 Å². The molecule has 0 saturated heterocycles. The Kier molecular flexibility index (Phi) is 3.21. The van der Waals surface area contributed by atoms with Crippen LogP contribution in [0.25, 0.3) is 10.8 Å². The zero-order valence-corrected chi connectivity index (χ0v) is 15.4. The molecule has 2 amide bonds. The van der Waals surface area contributed by atoms with E-state index in [1.54, 1.807) is 15.9 Å². The van der Waals surface area contributed by atoms with Gasteiger partial charge in [-0.25, -0.2) is 0 Å². The monoisotopic (exact) mass is 376 g/mol. The van der Waals surface area contributed by atoms with Crippen LogP contribution in [0.1, 0.15) is 32.4 Å². The van der Waals surface area contributed by atoms with Crippen molar-refractivity contribution in [2.24, 2.45) is 0 Å². The Balaban J connectivity index is 1.63. The van der Waals surface area contributed by atoms with Crippen LogP contribution in [0.4, 0.5) is 11.4 Å². The molecule has 0 fully saturated rings. The third-order valence-corrected chi connectivity index (χ3v) is 5.80. The molecule has 0 N–H and O–H groups in total. The van der Waals surface area contributed by atoms with Gasteiger partial charge in [0.25, 0.3) is 11.8 Å². The molecular weight excluding hydrogens is 360 g/mol. The van der Waals surface area contributed by atoms with Crippen molar-refractivity contribution in [1.82, 2.24) is 0 Å². The number of amides is 2. The van der Waals surface area contributed by atoms with Crippen molar-refractivity contribution in [3.63, 3.8) is 0 Å². The number of nitrogens with zero attached hydrogens (tertiary/aromatic N) is 2. The van der Waals surface area contributed by atoms with Gasteiger partial charge in [0, 0.05) is 16.8 Å². The Morgan fingerprint density at radius 3 is 2.10 bits per heavy atom. The number of para-hydroxylation sites is 1. The van der Waals surface area contributed by atoms with Crippen molar-refractivity contribution < 1.29 is 9.59 Å². The molecule has 0 bridgehead atoms. The summed E-state index contributed by atoms with van der Waals surface area (Å²) in [5.74, 6) is -0.169. The Labute approximate surface area is 167 Å². The summed E-state index contributed by atoms with van der Waals surface area (Å²) < 4.78 is 0. The second kappa shape index (κ2) is 5.79. The zero-order valence-electron chi connectivity index (χ0n) is 15.4. The van der Waals surface area contributed by atoms with E-state index in [2.05, 4.69) is 0 Å². The molecule has 2 aliphatic heterocycles. The summed E-state index contributed by atoms with van der Waals surface area (Å²) in [7, 11) is 0. The largest absolute Gasteiger partial charge is 0.282 e. The lowest BCUT2D eigenvalue weighted by molar-refractivity contribution is 0.0949. The average Bonchev–Trinajstić information content (AvgIpc) is 3.07. The molecular formula is C25H16N2O2. The van der Waals surface area contributed by atoms with Gasteiger partial charge in [0.1, 0.15) is 6.17 Å². The Morgan fingerprint density at radius 1 is 0.586 bits per heavy atom. The molecule has 29 heavy (non-hydrogen) atoms. The first-order valence-electron chi connectivity index (χ1n) is 9.58. The molecule has 0 saturated carbocycles. The summed E-state index contributed by atoms with van der Waals surface area (Å²) in [6, 6.07) is 29.0. The van der Waals surface area contributed by atoms with Gasteiger partial charge in [-0.2, -0.15) is 0 Å². The molecule has 4 aromatic rings. The predicted molar refractivity (Wildman–Crippen MR) is 113 cm³/mol. The van der Waals surface area contributed by atoms with Crippen LogP contribution in [0.15, 0.2) is 91.0 Å². The summed E-state index contributed by atoms with van der Waals surface area (Å²) in [6.45, 7) is 0. The van der Waals surface area contributed by atoms with Gasteiger partial charge < -0.3 is 0 Å². The molecule has 6 rings (SSSR count). The van der Waals surface area contributed by atoms with Gasteiger partial charge >= 0.3 is 0 Å². The maximum Gasteiger partial charge on any atom is 0.262 e. The molecule has 1 unspecified atom stereocenters. The fraction of sp³-hybridized carbons (Fsp3) is 0.0400. The molecule has 0 aromatic heterocycles. The normalized spacial score (nSPS) is 17.3. The second-order valence-electron chi connectivity index (χ2n) is 7.36. The smallest absolute Gasteiger partial charge is 0.262 e. The lowest BCUT2D eigenvalue weighted by Gasteiger charge is -2.41. The molecule has 2 heterocycles. The highest BCUT2D eigenvalue weighted by Crippen LogP contribution is 2.47. The predicted octanol–water partition coefficient (Wildman–Crippen LogP) is 5.16. The SMILES string of the molecule is O=C1c2ccccc2N2C(=O)c3ccccc3C2N1c1ccc2ccccc2c1. The molecule has 4 heteroatoms. The van der Waals surface area contributed by atoms with E-state index in [1.165, 1.54) is 0 Å². The van der Waals surface area contributed by atoms with Crippen molar-refractivity contribution in [2.45, 2.75) is 6.17 Å². The van der Waals surface area contributed by atoms with E-state index < -0.39 is 6.17 Å². The molecule has 4 aromatic carbocycles. The van der Waals surface area contributed by atoms with Crippen LogP contribution in [-0.4, -0.2) is 11.8 Å². The lowest BCUT2D eigenvalue weighted by Crippen LogP contribution is -2.48. The summed E-state index contributed by atoms with van der Waals surface area (Å²) in [6.07, 6.45) is -0.484. The summed E-state index contributed by atoms with van der Waals surface area (Å²) in [4.78, 5) is 30.4. The Hall–Kier alpha value is -3.92. The summed E-state index contributed by atoms with van der Waals surface area (Å²) in [5.41, 5.74) is 3.49. The summed E-state index contributed by atoms with van der Waals surface area (Å²) >= 11 is 0. The minimum atomic E-state index is -0.484. The van der Waals surface area contributed by atoms with Crippen LogP contribution in [-0.2, 0) is 0 Å². The number of fused-ring (bicyclic) bond motifs is 6. The molecule has 0 spiro atoms. The zero-order chi connectivity index (χ0) is 19.5. The van der Waals surface area contributed by atoms with Crippen molar-refractivity contribution in [1.29, 1.82) is 0 Å². The molecule has 138 valence electrons. The number of anilines is 2. The average molecular weight is 376 g/mol. The van der Waals surface area contributed by atoms with Gasteiger partial charge in [-0.05, 0) is 41.1 Å². The summed E-state index contributed by atoms with van der Waals surface area (Å²) in [5, 5.41) is 2.17. The van der Waals surface area contributed by atoms with Gasteiger partial charge in [-0.3, -0.25) is 19.4 Å². The highest BCUT2D eigenvalue weighted by Gasteiger charge is 2.48. The van der Waals surface area contributed by atoms with Crippen molar-refractivity contribution in [3.8, 4) is 0 Å². The Morgan fingerprint density at radius 2 is 1.24 bits per heavy atom. The van der Waals surface area contributed by atoms with Crippen LogP contribution in [0.5, 0.6) is 0 Å². The number of rotatable bonds is 1. The van der Waals surface area contributed by atoms with E-state index in [4.69, 9.17) is 0 Å². The van der Waals surface area contributed by atoms with Crippen LogP contribution >= 0.6 is 0 Å². The first-order chi connectivity index (χ1) is 14.2. The fourth-order valence-corrected chi connectivity index (χ4v) is 4.48. The highest BCUT2D eigenvalue weighted by molar-refractivity contribution is 6.21. The van der Waals surface area contributed by atoms with Gasteiger partial charge in [0.05, 0.1) is 11.3 Å². The molecule has 2 aliphatic rings. The van der Waals surface area contributed by atoms with Crippen LogP contribution < -0.4 is 9.80 Å². The van der Waals surface area contributed by atoms with Crippen molar-refractivity contribution in [3.05, 3.63) is 108 Å². The van der Waals surface area contributed by atoms with Gasteiger partial charge in [0.2, 0.25) is 0 Å². The van der Waals surface area contributed by atoms with E-state index in [9.17, 15) is 9.59 Å². The number of carbonyl (C=O) groups excluding carboxylic acids is 2. The third kappa shape index (κ3) is 2.14. The number of carbonyl (C=O) groups is 2. The van der Waals surface area contributed by atoms with Crippen molar-refractivity contribution >= 4 is 34.0 Å². The van der Waals surface area contributed by atoms with E-state index in [0.29, 0.717) is 16.8 Å². The van der Waals surface area contributed by atoms with E-state index in [0.717, 1.165) is 22.0 Å². The first-order valence-corrected chi connectivity index (χ1v) is 9.58. The number of benzene rings is 4. The van der Waals surface area contributed by atoms with E-state index >= 15 is 0 Å². The quantitative estimate of drug-likeness (QED) is 0.460. The molecule has 1 atom stereocenters. The topological polar surface area (TPSA) is 40.6 Å². The van der Waals surface area contributed by atoms with Gasteiger partial charge in [0.15, 0.2) is 0 Å². The maximum atomic E-state index is 13.6. The molecule has 0 radical (unpaired) electrons. The molecule has 0 aliphatic carbocycles. The van der Waals surface area contributed by atoms with E-state index in [1.807, 2.05) is 84.9 Å². The fourth-order valence-electron chi connectivity index (χ4n) is 4.48. The van der Waals surface area contributed by atoms with Crippen molar-refractivity contribution in [2.75, 3.05) is 9.80 Å². The maximum absolute atomic E-state index is 13.6.